The van der Waals surface area contributed by atoms with Gasteiger partial charge in [0.05, 0.1) is 17.8 Å². The number of hydrogen-bond donors (Lipinski definition) is 1. The van der Waals surface area contributed by atoms with Crippen LogP contribution in [0.15, 0.2) is 30.6 Å². The summed E-state index contributed by atoms with van der Waals surface area (Å²) in [4.78, 5) is 0. The summed E-state index contributed by atoms with van der Waals surface area (Å²) in [6, 6.07) is 6.12. The zero-order valence-corrected chi connectivity index (χ0v) is 9.67. The van der Waals surface area contributed by atoms with Crippen LogP contribution in [0.4, 0.5) is 10.1 Å². The van der Waals surface area contributed by atoms with E-state index in [4.69, 9.17) is 5.26 Å². The van der Waals surface area contributed by atoms with Crippen LogP contribution in [-0.4, -0.2) is 21.5 Å². The number of aromatic nitrogens is 3. The van der Waals surface area contributed by atoms with Crippen LogP contribution in [0.1, 0.15) is 12.0 Å². The minimum Gasteiger partial charge on any atom is -0.385 e. The second kappa shape index (κ2) is 5.77. The van der Waals surface area contributed by atoms with Crippen molar-refractivity contribution >= 4 is 5.69 Å². The molecule has 0 aliphatic heterocycles. The van der Waals surface area contributed by atoms with Gasteiger partial charge in [0, 0.05) is 25.0 Å². The molecule has 2 aromatic rings. The molecule has 0 fully saturated rings. The molecule has 0 bridgehead atoms. The van der Waals surface area contributed by atoms with Crippen LogP contribution >= 0.6 is 0 Å². The fraction of sp³-hybridized carbons (Fsp3) is 0.250. The molecule has 1 heterocycles. The van der Waals surface area contributed by atoms with E-state index >= 15 is 0 Å². The van der Waals surface area contributed by atoms with Crippen molar-refractivity contribution in [2.75, 3.05) is 11.9 Å². The summed E-state index contributed by atoms with van der Waals surface area (Å²) >= 11 is 0. The predicted octanol–water partition coefficient (Wildman–Crippen LogP) is 1.79. The van der Waals surface area contributed by atoms with Gasteiger partial charge in [-0.15, -0.1) is 5.10 Å². The summed E-state index contributed by atoms with van der Waals surface area (Å²) in [5, 5.41) is 19.3. The van der Waals surface area contributed by atoms with Crippen molar-refractivity contribution in [3.05, 3.63) is 42.0 Å². The third kappa shape index (κ3) is 3.28. The molecule has 1 aromatic heterocycles. The first-order chi connectivity index (χ1) is 8.78. The van der Waals surface area contributed by atoms with E-state index in [1.54, 1.807) is 23.1 Å². The predicted molar refractivity (Wildman–Crippen MR) is 64.2 cm³/mol. The molecule has 5 nitrogen and oxygen atoms in total. The van der Waals surface area contributed by atoms with Gasteiger partial charge in [-0.1, -0.05) is 5.21 Å². The van der Waals surface area contributed by atoms with E-state index in [-0.39, 0.29) is 0 Å². The van der Waals surface area contributed by atoms with E-state index in [1.165, 1.54) is 12.1 Å². The van der Waals surface area contributed by atoms with Gasteiger partial charge < -0.3 is 5.32 Å². The SMILES string of the molecule is N#Cc1cc(F)cc(NCCCn2ccnn2)c1. The zero-order valence-electron chi connectivity index (χ0n) is 9.67. The average Bonchev–Trinajstić information content (AvgIpc) is 2.87. The maximum Gasteiger partial charge on any atom is 0.126 e. The van der Waals surface area contributed by atoms with Crippen LogP contribution < -0.4 is 5.32 Å². The van der Waals surface area contributed by atoms with Crippen LogP contribution in [0.2, 0.25) is 0 Å². The highest BCUT2D eigenvalue weighted by molar-refractivity contribution is 5.49. The second-order valence-electron chi connectivity index (χ2n) is 3.79. The summed E-state index contributed by atoms with van der Waals surface area (Å²) in [5.74, 6) is -0.409. The van der Waals surface area contributed by atoms with Crippen molar-refractivity contribution < 1.29 is 4.39 Å². The molecular weight excluding hydrogens is 233 g/mol. The summed E-state index contributed by atoms with van der Waals surface area (Å²) < 4.78 is 14.9. The van der Waals surface area contributed by atoms with Crippen LogP contribution in [0.5, 0.6) is 0 Å². The standard InChI is InChI=1S/C12H12FN5/c13-11-6-10(9-14)7-12(8-11)15-2-1-4-18-5-3-16-17-18/h3,5-8,15H,1-2,4H2. The molecule has 92 valence electrons. The smallest absolute Gasteiger partial charge is 0.126 e. The Hall–Kier alpha value is -2.42. The van der Waals surface area contributed by atoms with Gasteiger partial charge >= 0.3 is 0 Å². The Balaban J connectivity index is 1.83. The van der Waals surface area contributed by atoms with Crippen molar-refractivity contribution in [3.63, 3.8) is 0 Å². The lowest BCUT2D eigenvalue weighted by atomic mass is 10.2. The van der Waals surface area contributed by atoms with E-state index in [1.807, 2.05) is 6.07 Å². The van der Waals surface area contributed by atoms with Crippen LogP contribution in [0, 0.1) is 17.1 Å². The number of nitriles is 1. The maximum atomic E-state index is 13.1. The molecule has 0 spiro atoms. The largest absolute Gasteiger partial charge is 0.385 e. The van der Waals surface area contributed by atoms with Gasteiger partial charge in [-0.25, -0.2) is 4.39 Å². The van der Waals surface area contributed by atoms with E-state index in [9.17, 15) is 4.39 Å². The Morgan fingerprint density at radius 3 is 3.00 bits per heavy atom. The van der Waals surface area contributed by atoms with Gasteiger partial charge in [0.15, 0.2) is 0 Å². The molecule has 1 N–H and O–H groups in total. The minimum atomic E-state index is -0.409. The third-order valence-electron chi connectivity index (χ3n) is 2.39. The highest BCUT2D eigenvalue weighted by atomic mass is 19.1. The van der Waals surface area contributed by atoms with Crippen LogP contribution in [0.3, 0.4) is 0 Å². The number of benzene rings is 1. The monoisotopic (exact) mass is 245 g/mol. The quantitative estimate of drug-likeness (QED) is 0.815. The Labute approximate surface area is 104 Å². The van der Waals surface area contributed by atoms with Crippen molar-refractivity contribution in [2.24, 2.45) is 0 Å². The molecule has 0 unspecified atom stereocenters. The number of halogens is 1. The molecule has 0 amide bonds. The topological polar surface area (TPSA) is 66.5 Å². The van der Waals surface area contributed by atoms with E-state index in [0.717, 1.165) is 13.0 Å². The fourth-order valence-electron chi connectivity index (χ4n) is 1.58. The molecule has 1 aromatic carbocycles. The van der Waals surface area contributed by atoms with Crippen LogP contribution in [0.25, 0.3) is 0 Å². The number of hydrogen-bond acceptors (Lipinski definition) is 4. The second-order valence-corrected chi connectivity index (χ2v) is 3.79. The molecular formula is C12H12FN5. The zero-order chi connectivity index (χ0) is 12.8. The van der Waals surface area contributed by atoms with Gasteiger partial charge in [-0.05, 0) is 24.6 Å². The maximum absolute atomic E-state index is 13.1. The molecule has 0 radical (unpaired) electrons. The Morgan fingerprint density at radius 2 is 2.28 bits per heavy atom. The molecule has 2 rings (SSSR count). The average molecular weight is 245 g/mol. The molecule has 0 saturated heterocycles. The lowest BCUT2D eigenvalue weighted by molar-refractivity contribution is 0.569. The van der Waals surface area contributed by atoms with Crippen molar-refractivity contribution in [2.45, 2.75) is 13.0 Å². The molecule has 6 heteroatoms. The number of nitrogens with zero attached hydrogens (tertiary/aromatic N) is 4. The Morgan fingerprint density at radius 1 is 1.39 bits per heavy atom. The lowest BCUT2D eigenvalue weighted by Crippen LogP contribution is -2.07. The van der Waals surface area contributed by atoms with Gasteiger partial charge in [0.25, 0.3) is 0 Å². The summed E-state index contributed by atoms with van der Waals surface area (Å²) in [6.07, 6.45) is 4.25. The van der Waals surface area contributed by atoms with E-state index in [0.29, 0.717) is 17.8 Å². The summed E-state index contributed by atoms with van der Waals surface area (Å²) in [6.45, 7) is 1.42. The number of aryl methyl sites for hydroxylation is 1. The summed E-state index contributed by atoms with van der Waals surface area (Å²) in [5.41, 5.74) is 0.930. The number of rotatable bonds is 5. The number of nitrogens with one attached hydrogen (secondary N) is 1. The van der Waals surface area contributed by atoms with Crippen molar-refractivity contribution in [1.82, 2.24) is 15.0 Å². The molecule has 0 aliphatic carbocycles. The highest BCUT2D eigenvalue weighted by Crippen LogP contribution is 2.13. The van der Waals surface area contributed by atoms with Crippen LogP contribution in [-0.2, 0) is 6.54 Å². The normalized spacial score (nSPS) is 10.0. The van der Waals surface area contributed by atoms with E-state index < -0.39 is 5.82 Å². The van der Waals surface area contributed by atoms with Gasteiger partial charge in [-0.3, -0.25) is 4.68 Å². The molecule has 0 saturated carbocycles. The first-order valence-corrected chi connectivity index (χ1v) is 5.56. The Bertz CT molecular complexity index is 544. The van der Waals surface area contributed by atoms with Gasteiger partial charge in [0.2, 0.25) is 0 Å². The Kier molecular flexibility index (Phi) is 3.86. The lowest BCUT2D eigenvalue weighted by Gasteiger charge is -2.06. The van der Waals surface area contributed by atoms with Crippen molar-refractivity contribution in [1.29, 1.82) is 5.26 Å². The molecule has 0 aliphatic rings. The van der Waals surface area contributed by atoms with E-state index in [2.05, 4.69) is 15.6 Å². The van der Waals surface area contributed by atoms with Gasteiger partial charge in [-0.2, -0.15) is 5.26 Å². The summed E-state index contributed by atoms with van der Waals surface area (Å²) in [7, 11) is 0. The highest BCUT2D eigenvalue weighted by Gasteiger charge is 2.00. The number of anilines is 1. The van der Waals surface area contributed by atoms with Crippen molar-refractivity contribution in [3.8, 4) is 6.07 Å². The van der Waals surface area contributed by atoms with Gasteiger partial charge in [0.1, 0.15) is 5.82 Å². The first-order valence-electron chi connectivity index (χ1n) is 5.56. The minimum absolute atomic E-state index is 0.314. The molecule has 0 atom stereocenters. The third-order valence-corrected chi connectivity index (χ3v) is 2.39. The first kappa shape index (κ1) is 12.0. The molecule has 18 heavy (non-hydrogen) atoms. The fourth-order valence-corrected chi connectivity index (χ4v) is 1.58.